The van der Waals surface area contributed by atoms with Gasteiger partial charge in [0.05, 0.1) is 5.69 Å². The first-order valence-electron chi connectivity index (χ1n) is 6.04. The molecule has 0 saturated carbocycles. The van der Waals surface area contributed by atoms with Gasteiger partial charge in [0.2, 0.25) is 0 Å². The summed E-state index contributed by atoms with van der Waals surface area (Å²) in [6, 6.07) is 0. The molecule has 1 heterocycles. The van der Waals surface area contributed by atoms with Gasteiger partial charge in [0.25, 0.3) is 0 Å². The van der Waals surface area contributed by atoms with Crippen LogP contribution in [0.4, 0.5) is 0 Å². The van der Waals surface area contributed by atoms with Gasteiger partial charge >= 0.3 is 0 Å². The molecule has 0 aromatic carbocycles. The molecule has 2 N–H and O–H groups in total. The summed E-state index contributed by atoms with van der Waals surface area (Å²) in [4.78, 5) is 0. The van der Waals surface area contributed by atoms with Crippen molar-refractivity contribution < 1.29 is 0 Å². The smallest absolute Gasteiger partial charge is 0.0641 e. The van der Waals surface area contributed by atoms with Crippen molar-refractivity contribution in [2.24, 2.45) is 5.73 Å². The predicted octanol–water partition coefficient (Wildman–Crippen LogP) is 2.71. The van der Waals surface area contributed by atoms with E-state index in [-0.39, 0.29) is 0 Å². The first kappa shape index (κ1) is 13.0. The Labute approximate surface area is 98.3 Å². The zero-order valence-corrected chi connectivity index (χ0v) is 10.5. The van der Waals surface area contributed by atoms with E-state index in [1.165, 1.54) is 30.5 Å². The molecule has 1 rings (SSSR count). The Morgan fingerprint density at radius 2 is 2.06 bits per heavy atom. The van der Waals surface area contributed by atoms with Crippen molar-refractivity contribution in [2.75, 3.05) is 0 Å². The number of allylic oxidation sites excluding steroid dienone is 1. The van der Waals surface area contributed by atoms with Gasteiger partial charge in [-0.1, -0.05) is 12.5 Å². The van der Waals surface area contributed by atoms with Crippen LogP contribution in [-0.4, -0.2) is 9.78 Å². The summed E-state index contributed by atoms with van der Waals surface area (Å²) in [7, 11) is 0. The Balaban J connectivity index is 2.45. The Morgan fingerprint density at radius 3 is 2.62 bits per heavy atom. The summed E-state index contributed by atoms with van der Waals surface area (Å²) < 4.78 is 2.09. The van der Waals surface area contributed by atoms with E-state index >= 15 is 0 Å². The zero-order chi connectivity index (χ0) is 12.0. The third-order valence-electron chi connectivity index (χ3n) is 3.01. The summed E-state index contributed by atoms with van der Waals surface area (Å²) >= 11 is 0. The van der Waals surface area contributed by atoms with Crippen LogP contribution in [0.3, 0.4) is 0 Å². The molecule has 0 aliphatic heterocycles. The molecule has 0 aliphatic carbocycles. The average Bonchev–Trinajstić information content (AvgIpc) is 2.53. The van der Waals surface area contributed by atoms with Crippen LogP contribution in [-0.2, 0) is 13.1 Å². The van der Waals surface area contributed by atoms with Gasteiger partial charge in [-0.05, 0) is 33.1 Å². The lowest BCUT2D eigenvalue weighted by Gasteiger charge is -2.04. The molecule has 0 amide bonds. The molecule has 1 aromatic heterocycles. The summed E-state index contributed by atoms with van der Waals surface area (Å²) in [5, 5.41) is 4.52. The molecular formula is C13H23N3. The first-order valence-corrected chi connectivity index (χ1v) is 6.04. The van der Waals surface area contributed by atoms with E-state index < -0.39 is 0 Å². The lowest BCUT2D eigenvalue weighted by Crippen LogP contribution is -2.04. The number of aromatic nitrogens is 2. The van der Waals surface area contributed by atoms with Crippen molar-refractivity contribution in [1.82, 2.24) is 9.78 Å². The van der Waals surface area contributed by atoms with Gasteiger partial charge < -0.3 is 5.73 Å². The van der Waals surface area contributed by atoms with E-state index in [0.29, 0.717) is 6.54 Å². The lowest BCUT2D eigenvalue weighted by atomic mass is 10.2. The molecule has 1 aromatic rings. The first-order chi connectivity index (χ1) is 7.70. The Bertz CT molecular complexity index is 339. The fourth-order valence-corrected chi connectivity index (χ4v) is 1.97. The van der Waals surface area contributed by atoms with Crippen LogP contribution in [0.5, 0.6) is 0 Å². The molecule has 3 heteroatoms. The van der Waals surface area contributed by atoms with Crippen molar-refractivity contribution in [2.45, 2.75) is 52.6 Å². The third-order valence-corrected chi connectivity index (χ3v) is 3.01. The molecule has 0 aliphatic rings. The molecule has 0 bridgehead atoms. The SMILES string of the molecule is C=CCCCCCn1nc(C)c(CN)c1C. The quantitative estimate of drug-likeness (QED) is 0.568. The minimum Gasteiger partial charge on any atom is -0.326 e. The number of nitrogens with zero attached hydrogens (tertiary/aromatic N) is 2. The Hall–Kier alpha value is -1.09. The number of hydrogen-bond acceptors (Lipinski definition) is 2. The molecule has 0 atom stereocenters. The second-order valence-electron chi connectivity index (χ2n) is 4.21. The molecule has 0 saturated heterocycles. The normalized spacial score (nSPS) is 10.7. The maximum Gasteiger partial charge on any atom is 0.0641 e. The molecule has 0 spiro atoms. The van der Waals surface area contributed by atoms with Gasteiger partial charge in [0, 0.05) is 24.3 Å². The van der Waals surface area contributed by atoms with E-state index in [2.05, 4.69) is 23.3 Å². The van der Waals surface area contributed by atoms with Crippen LogP contribution in [0.1, 0.15) is 42.6 Å². The van der Waals surface area contributed by atoms with E-state index in [1.807, 2.05) is 13.0 Å². The van der Waals surface area contributed by atoms with Gasteiger partial charge in [0.1, 0.15) is 0 Å². The highest BCUT2D eigenvalue weighted by Gasteiger charge is 2.08. The van der Waals surface area contributed by atoms with Crippen molar-refractivity contribution in [3.8, 4) is 0 Å². The fraction of sp³-hybridized carbons (Fsp3) is 0.615. The average molecular weight is 221 g/mol. The molecule has 16 heavy (non-hydrogen) atoms. The monoisotopic (exact) mass is 221 g/mol. The van der Waals surface area contributed by atoms with Crippen molar-refractivity contribution in [3.05, 3.63) is 29.6 Å². The second-order valence-corrected chi connectivity index (χ2v) is 4.21. The van der Waals surface area contributed by atoms with E-state index in [1.54, 1.807) is 0 Å². The van der Waals surface area contributed by atoms with Gasteiger partial charge in [-0.3, -0.25) is 4.68 Å². The van der Waals surface area contributed by atoms with Crippen LogP contribution < -0.4 is 5.73 Å². The summed E-state index contributed by atoms with van der Waals surface area (Å²) in [5.74, 6) is 0. The van der Waals surface area contributed by atoms with E-state index in [4.69, 9.17) is 5.73 Å². The van der Waals surface area contributed by atoms with Crippen LogP contribution in [0.25, 0.3) is 0 Å². The molecule has 0 unspecified atom stereocenters. The molecule has 0 fully saturated rings. The number of unbranched alkanes of at least 4 members (excludes halogenated alkanes) is 3. The summed E-state index contributed by atoms with van der Waals surface area (Å²) in [6.07, 6.45) is 6.75. The largest absolute Gasteiger partial charge is 0.326 e. The van der Waals surface area contributed by atoms with Gasteiger partial charge in [-0.15, -0.1) is 6.58 Å². The molecule has 90 valence electrons. The topological polar surface area (TPSA) is 43.8 Å². The van der Waals surface area contributed by atoms with Crippen molar-refractivity contribution >= 4 is 0 Å². The van der Waals surface area contributed by atoms with E-state index in [0.717, 1.165) is 18.7 Å². The Morgan fingerprint density at radius 1 is 1.31 bits per heavy atom. The summed E-state index contributed by atoms with van der Waals surface area (Å²) in [6.45, 7) is 9.45. The minimum absolute atomic E-state index is 0.591. The second kappa shape index (κ2) is 6.48. The highest BCUT2D eigenvalue weighted by Crippen LogP contribution is 2.13. The zero-order valence-electron chi connectivity index (χ0n) is 10.5. The molecule has 0 radical (unpaired) electrons. The highest BCUT2D eigenvalue weighted by atomic mass is 15.3. The lowest BCUT2D eigenvalue weighted by molar-refractivity contribution is 0.533. The van der Waals surface area contributed by atoms with Crippen LogP contribution in [0.15, 0.2) is 12.7 Å². The highest BCUT2D eigenvalue weighted by molar-refractivity contribution is 5.23. The van der Waals surface area contributed by atoms with Crippen LogP contribution in [0.2, 0.25) is 0 Å². The van der Waals surface area contributed by atoms with Gasteiger partial charge in [0.15, 0.2) is 0 Å². The van der Waals surface area contributed by atoms with Crippen LogP contribution >= 0.6 is 0 Å². The fourth-order valence-electron chi connectivity index (χ4n) is 1.97. The standard InChI is InChI=1S/C13H23N3/c1-4-5-6-7-8-9-16-12(3)13(10-14)11(2)15-16/h4H,1,5-10,14H2,2-3H3. The van der Waals surface area contributed by atoms with Crippen molar-refractivity contribution in [3.63, 3.8) is 0 Å². The predicted molar refractivity (Wildman–Crippen MR) is 68.3 cm³/mol. The number of hydrogen-bond donors (Lipinski definition) is 1. The maximum absolute atomic E-state index is 5.69. The molecule has 3 nitrogen and oxygen atoms in total. The van der Waals surface area contributed by atoms with Crippen LogP contribution in [0, 0.1) is 13.8 Å². The van der Waals surface area contributed by atoms with Crippen molar-refractivity contribution in [1.29, 1.82) is 0 Å². The number of rotatable bonds is 7. The van der Waals surface area contributed by atoms with Gasteiger partial charge in [-0.2, -0.15) is 5.10 Å². The van der Waals surface area contributed by atoms with Gasteiger partial charge in [-0.25, -0.2) is 0 Å². The summed E-state index contributed by atoms with van der Waals surface area (Å²) in [5.41, 5.74) is 9.20. The number of nitrogens with two attached hydrogens (primary N) is 1. The maximum atomic E-state index is 5.69. The minimum atomic E-state index is 0.591. The molecular weight excluding hydrogens is 198 g/mol. The third kappa shape index (κ3) is 3.20. The Kier molecular flexibility index (Phi) is 5.26. The van der Waals surface area contributed by atoms with E-state index in [9.17, 15) is 0 Å². The number of aryl methyl sites for hydroxylation is 2.